The summed E-state index contributed by atoms with van der Waals surface area (Å²) < 4.78 is 0. The minimum Gasteiger partial charge on any atom is -0.329 e. The Bertz CT molecular complexity index is 252. The first-order valence-electron chi connectivity index (χ1n) is 8.03. The molecule has 0 atom stereocenters. The first kappa shape index (κ1) is 14.3. The van der Waals surface area contributed by atoms with Crippen LogP contribution in [0, 0.1) is 5.41 Å². The molecule has 0 bridgehead atoms. The van der Waals surface area contributed by atoms with Gasteiger partial charge in [0.15, 0.2) is 0 Å². The molecule has 0 amide bonds. The predicted molar refractivity (Wildman–Crippen MR) is 78.7 cm³/mol. The highest BCUT2D eigenvalue weighted by atomic mass is 15.2. The molecular weight excluding hydrogens is 220 g/mol. The van der Waals surface area contributed by atoms with E-state index in [0.717, 1.165) is 6.54 Å². The highest BCUT2D eigenvalue weighted by Gasteiger charge is 2.39. The highest BCUT2D eigenvalue weighted by Crippen LogP contribution is 2.37. The van der Waals surface area contributed by atoms with Crippen LogP contribution in [0.3, 0.4) is 0 Å². The lowest BCUT2D eigenvalue weighted by atomic mass is 9.77. The molecule has 0 aromatic carbocycles. The quantitative estimate of drug-likeness (QED) is 0.814. The second-order valence-electron chi connectivity index (χ2n) is 7.39. The van der Waals surface area contributed by atoms with Gasteiger partial charge < -0.3 is 5.73 Å². The van der Waals surface area contributed by atoms with Crippen molar-refractivity contribution >= 4 is 0 Å². The summed E-state index contributed by atoms with van der Waals surface area (Å²) in [7, 11) is 0. The van der Waals surface area contributed by atoms with E-state index < -0.39 is 0 Å². The van der Waals surface area contributed by atoms with Gasteiger partial charge in [0.25, 0.3) is 0 Å². The van der Waals surface area contributed by atoms with E-state index in [2.05, 4.69) is 18.7 Å². The van der Waals surface area contributed by atoms with E-state index in [-0.39, 0.29) is 0 Å². The zero-order valence-corrected chi connectivity index (χ0v) is 12.5. The van der Waals surface area contributed by atoms with Crippen LogP contribution in [0.15, 0.2) is 0 Å². The molecule has 1 saturated heterocycles. The van der Waals surface area contributed by atoms with Gasteiger partial charge in [-0.15, -0.1) is 0 Å². The summed E-state index contributed by atoms with van der Waals surface area (Å²) in [5.41, 5.74) is 7.06. The Balaban J connectivity index is 2.08. The standard InChI is InChI=1S/C16H32N2/c1-15(2)9-8-12-18(14-15)16(13-17)10-6-4-3-5-7-11-16/h3-14,17H2,1-2H3. The van der Waals surface area contributed by atoms with Crippen molar-refractivity contribution in [1.82, 2.24) is 4.90 Å². The fourth-order valence-corrected chi connectivity index (χ4v) is 4.04. The van der Waals surface area contributed by atoms with Crippen LogP contribution >= 0.6 is 0 Å². The predicted octanol–water partition coefficient (Wildman–Crippen LogP) is 3.55. The van der Waals surface area contributed by atoms with Gasteiger partial charge in [0.2, 0.25) is 0 Å². The fourth-order valence-electron chi connectivity index (χ4n) is 4.04. The van der Waals surface area contributed by atoms with Crippen molar-refractivity contribution < 1.29 is 0 Å². The Morgan fingerprint density at radius 3 is 2.06 bits per heavy atom. The molecule has 1 aliphatic carbocycles. The molecule has 2 aliphatic rings. The van der Waals surface area contributed by atoms with Crippen LogP contribution in [0.4, 0.5) is 0 Å². The van der Waals surface area contributed by atoms with Crippen LogP contribution < -0.4 is 5.73 Å². The van der Waals surface area contributed by atoms with E-state index >= 15 is 0 Å². The summed E-state index contributed by atoms with van der Waals surface area (Å²) in [5.74, 6) is 0. The molecule has 1 heterocycles. The maximum atomic E-state index is 6.24. The Kier molecular flexibility index (Phi) is 4.71. The summed E-state index contributed by atoms with van der Waals surface area (Å²) in [4.78, 5) is 2.77. The van der Waals surface area contributed by atoms with Crippen LogP contribution in [-0.2, 0) is 0 Å². The van der Waals surface area contributed by atoms with Gasteiger partial charge in [-0.3, -0.25) is 4.90 Å². The molecule has 0 unspecified atom stereocenters. The second-order valence-corrected chi connectivity index (χ2v) is 7.39. The maximum Gasteiger partial charge on any atom is 0.0331 e. The van der Waals surface area contributed by atoms with Gasteiger partial charge in [-0.2, -0.15) is 0 Å². The van der Waals surface area contributed by atoms with Crippen molar-refractivity contribution in [3.05, 3.63) is 0 Å². The fraction of sp³-hybridized carbons (Fsp3) is 1.00. The van der Waals surface area contributed by atoms with Crippen molar-refractivity contribution in [1.29, 1.82) is 0 Å². The highest BCUT2D eigenvalue weighted by molar-refractivity contribution is 4.96. The molecule has 106 valence electrons. The van der Waals surface area contributed by atoms with E-state index in [1.54, 1.807) is 0 Å². The van der Waals surface area contributed by atoms with Gasteiger partial charge in [0.1, 0.15) is 0 Å². The van der Waals surface area contributed by atoms with E-state index in [1.807, 2.05) is 0 Å². The maximum absolute atomic E-state index is 6.24. The van der Waals surface area contributed by atoms with Crippen molar-refractivity contribution in [3.8, 4) is 0 Å². The molecular formula is C16H32N2. The number of rotatable bonds is 2. The van der Waals surface area contributed by atoms with Crippen molar-refractivity contribution in [2.45, 2.75) is 77.2 Å². The summed E-state index contributed by atoms with van der Waals surface area (Å²) in [6, 6.07) is 0. The second kappa shape index (κ2) is 5.92. The molecule has 2 fully saturated rings. The van der Waals surface area contributed by atoms with Crippen LogP contribution in [-0.4, -0.2) is 30.1 Å². The minimum atomic E-state index is 0.331. The molecule has 1 saturated carbocycles. The van der Waals surface area contributed by atoms with E-state index in [9.17, 15) is 0 Å². The van der Waals surface area contributed by atoms with Crippen LogP contribution in [0.5, 0.6) is 0 Å². The average molecular weight is 252 g/mol. The topological polar surface area (TPSA) is 29.3 Å². The Morgan fingerprint density at radius 1 is 0.889 bits per heavy atom. The van der Waals surface area contributed by atoms with Crippen LogP contribution in [0.1, 0.15) is 71.6 Å². The molecule has 2 nitrogen and oxygen atoms in total. The van der Waals surface area contributed by atoms with E-state index in [0.29, 0.717) is 11.0 Å². The molecule has 0 radical (unpaired) electrons. The normalized spacial score (nSPS) is 29.5. The van der Waals surface area contributed by atoms with Crippen LogP contribution in [0.25, 0.3) is 0 Å². The number of likely N-dealkylation sites (tertiary alicyclic amines) is 1. The molecule has 2 rings (SSSR count). The lowest BCUT2D eigenvalue weighted by Crippen LogP contribution is -2.58. The number of piperidine rings is 1. The zero-order valence-electron chi connectivity index (χ0n) is 12.5. The zero-order chi connectivity index (χ0) is 13.1. The average Bonchev–Trinajstić information content (AvgIpc) is 2.28. The number of nitrogens with zero attached hydrogens (tertiary/aromatic N) is 1. The first-order valence-corrected chi connectivity index (χ1v) is 8.03. The number of hydrogen-bond donors (Lipinski definition) is 1. The summed E-state index contributed by atoms with van der Waals surface area (Å²) in [6.45, 7) is 8.24. The van der Waals surface area contributed by atoms with Crippen molar-refractivity contribution in [2.24, 2.45) is 11.1 Å². The Hall–Kier alpha value is -0.0800. The van der Waals surface area contributed by atoms with Gasteiger partial charge in [-0.05, 0) is 37.6 Å². The lowest BCUT2D eigenvalue weighted by Gasteiger charge is -2.50. The third-order valence-corrected chi connectivity index (χ3v) is 5.24. The van der Waals surface area contributed by atoms with Crippen molar-refractivity contribution in [3.63, 3.8) is 0 Å². The molecule has 1 aliphatic heterocycles. The first-order chi connectivity index (χ1) is 8.58. The van der Waals surface area contributed by atoms with Gasteiger partial charge in [0.05, 0.1) is 0 Å². The third kappa shape index (κ3) is 3.27. The molecule has 0 aromatic rings. The molecule has 0 spiro atoms. The third-order valence-electron chi connectivity index (χ3n) is 5.24. The molecule has 2 heteroatoms. The molecule has 0 aromatic heterocycles. The largest absolute Gasteiger partial charge is 0.329 e. The molecule has 18 heavy (non-hydrogen) atoms. The Morgan fingerprint density at radius 2 is 1.50 bits per heavy atom. The van der Waals surface area contributed by atoms with Gasteiger partial charge >= 0.3 is 0 Å². The smallest absolute Gasteiger partial charge is 0.0331 e. The van der Waals surface area contributed by atoms with Gasteiger partial charge in [-0.25, -0.2) is 0 Å². The number of nitrogens with two attached hydrogens (primary N) is 1. The van der Waals surface area contributed by atoms with Crippen LogP contribution in [0.2, 0.25) is 0 Å². The minimum absolute atomic E-state index is 0.331. The van der Waals surface area contributed by atoms with E-state index in [1.165, 1.54) is 70.9 Å². The summed E-state index contributed by atoms with van der Waals surface area (Å²) in [6.07, 6.45) is 12.4. The Labute approximate surface area is 113 Å². The monoisotopic (exact) mass is 252 g/mol. The molecule has 2 N–H and O–H groups in total. The lowest BCUT2D eigenvalue weighted by molar-refractivity contribution is 0.00280. The van der Waals surface area contributed by atoms with Crippen molar-refractivity contribution in [2.75, 3.05) is 19.6 Å². The van der Waals surface area contributed by atoms with E-state index in [4.69, 9.17) is 5.73 Å². The summed E-state index contributed by atoms with van der Waals surface area (Å²) >= 11 is 0. The van der Waals surface area contributed by atoms with Gasteiger partial charge in [0, 0.05) is 18.6 Å². The SMILES string of the molecule is CC1(C)CCCN(C2(CN)CCCCCCC2)C1. The van der Waals surface area contributed by atoms with Gasteiger partial charge in [-0.1, -0.05) is 46.0 Å². The summed E-state index contributed by atoms with van der Waals surface area (Å²) in [5, 5.41) is 0. The number of hydrogen-bond acceptors (Lipinski definition) is 2.